The molecule has 4 aromatic heterocycles. The summed E-state index contributed by atoms with van der Waals surface area (Å²) in [7, 11) is 1.68. The molecule has 0 aliphatic heterocycles. The van der Waals surface area contributed by atoms with Crippen molar-refractivity contribution in [1.29, 1.82) is 0 Å². The molecule has 8 heteroatoms. The molecule has 32 heavy (non-hydrogen) atoms. The molecule has 0 radical (unpaired) electrons. The van der Waals surface area contributed by atoms with Gasteiger partial charge < -0.3 is 19.6 Å². The lowest BCUT2D eigenvalue weighted by molar-refractivity contribution is 0.393. The molecule has 8 nitrogen and oxygen atoms in total. The first-order chi connectivity index (χ1) is 15.4. The molecule has 5 aromatic rings. The molecule has 0 spiro atoms. The Hall–Kier alpha value is -3.81. The van der Waals surface area contributed by atoms with Gasteiger partial charge in [0, 0.05) is 34.8 Å². The van der Waals surface area contributed by atoms with Gasteiger partial charge in [0.15, 0.2) is 0 Å². The van der Waals surface area contributed by atoms with Gasteiger partial charge in [-0.2, -0.15) is 5.10 Å². The number of aromatic amines is 1. The van der Waals surface area contributed by atoms with Crippen molar-refractivity contribution in [1.82, 2.24) is 24.9 Å². The van der Waals surface area contributed by atoms with E-state index in [0.717, 1.165) is 67.5 Å². The second kappa shape index (κ2) is 7.40. The molecule has 164 valence electrons. The highest BCUT2D eigenvalue weighted by Gasteiger charge is 2.20. The van der Waals surface area contributed by atoms with Crippen LogP contribution < -0.4 is 10.1 Å². The Balaban J connectivity index is 1.72. The minimum absolute atomic E-state index is 0.228. The standard InChI is InChI=1S/C24H26N6O2/c1-12(2)30-21(9-13(3)28-30)27-24-23-16-11-20(31-6)17(22-14(4)29-32-15(22)5)10-19(16)26-18(23)7-8-25-24/h7-12,26H,1-6H3,(H,25,27). The van der Waals surface area contributed by atoms with Crippen LogP contribution in [-0.4, -0.2) is 32.0 Å². The molecule has 0 saturated carbocycles. The third kappa shape index (κ3) is 3.10. The van der Waals surface area contributed by atoms with E-state index in [0.29, 0.717) is 0 Å². The van der Waals surface area contributed by atoms with Crippen LogP contribution in [0.25, 0.3) is 32.9 Å². The highest BCUT2D eigenvalue weighted by Crippen LogP contribution is 2.41. The number of hydrogen-bond acceptors (Lipinski definition) is 6. The molecule has 0 saturated heterocycles. The number of benzene rings is 1. The quantitative estimate of drug-likeness (QED) is 0.365. The third-order valence-electron chi connectivity index (χ3n) is 5.73. The third-order valence-corrected chi connectivity index (χ3v) is 5.73. The molecule has 2 N–H and O–H groups in total. The molecule has 0 atom stereocenters. The fourth-order valence-corrected chi connectivity index (χ4v) is 4.33. The van der Waals surface area contributed by atoms with Crippen LogP contribution in [0.3, 0.4) is 0 Å². The maximum atomic E-state index is 5.78. The van der Waals surface area contributed by atoms with Gasteiger partial charge in [0.25, 0.3) is 0 Å². The first-order valence-corrected chi connectivity index (χ1v) is 10.6. The first-order valence-electron chi connectivity index (χ1n) is 10.6. The number of nitrogens with one attached hydrogen (secondary N) is 2. The summed E-state index contributed by atoms with van der Waals surface area (Å²) in [5.41, 5.74) is 5.66. The van der Waals surface area contributed by atoms with Gasteiger partial charge in [-0.15, -0.1) is 0 Å². The number of H-pyrrole nitrogens is 1. The Kier molecular flexibility index (Phi) is 4.65. The molecule has 0 fully saturated rings. The van der Waals surface area contributed by atoms with E-state index in [1.165, 1.54) is 0 Å². The normalized spacial score (nSPS) is 11.7. The molecular formula is C24H26N6O2. The highest BCUT2D eigenvalue weighted by molar-refractivity contribution is 6.14. The van der Waals surface area contributed by atoms with Gasteiger partial charge in [0.1, 0.15) is 23.1 Å². The van der Waals surface area contributed by atoms with Gasteiger partial charge in [-0.3, -0.25) is 0 Å². The Labute approximate surface area is 185 Å². The summed E-state index contributed by atoms with van der Waals surface area (Å²) < 4.78 is 13.1. The van der Waals surface area contributed by atoms with Gasteiger partial charge >= 0.3 is 0 Å². The number of anilines is 2. The fraction of sp³-hybridized carbons (Fsp3) is 0.292. The number of pyridine rings is 1. The molecule has 1 aromatic carbocycles. The summed E-state index contributed by atoms with van der Waals surface area (Å²) in [6.45, 7) is 10.1. The number of hydrogen-bond donors (Lipinski definition) is 2. The van der Waals surface area contributed by atoms with E-state index in [9.17, 15) is 0 Å². The molecule has 0 aliphatic rings. The van der Waals surface area contributed by atoms with Crippen LogP contribution in [0.1, 0.15) is 37.0 Å². The fourth-order valence-electron chi connectivity index (χ4n) is 4.33. The average Bonchev–Trinajstić information content (AvgIpc) is 3.41. The lowest BCUT2D eigenvalue weighted by Crippen LogP contribution is -2.07. The van der Waals surface area contributed by atoms with Crippen molar-refractivity contribution in [2.24, 2.45) is 0 Å². The van der Waals surface area contributed by atoms with E-state index in [-0.39, 0.29) is 6.04 Å². The predicted octanol–water partition coefficient (Wildman–Crippen LogP) is 5.83. The summed E-state index contributed by atoms with van der Waals surface area (Å²) in [6.07, 6.45) is 1.80. The smallest absolute Gasteiger partial charge is 0.141 e. The van der Waals surface area contributed by atoms with Gasteiger partial charge in [0.2, 0.25) is 0 Å². The molecular weight excluding hydrogens is 404 g/mol. The SMILES string of the molecule is COc1cc2c(cc1-c1c(C)noc1C)[nH]c1ccnc(Nc3cc(C)nn3C(C)C)c12. The van der Waals surface area contributed by atoms with Crippen LogP contribution in [0.4, 0.5) is 11.6 Å². The van der Waals surface area contributed by atoms with E-state index < -0.39 is 0 Å². The summed E-state index contributed by atoms with van der Waals surface area (Å²) in [5, 5.41) is 14.2. The van der Waals surface area contributed by atoms with Gasteiger partial charge in [0.05, 0.1) is 35.0 Å². The topological polar surface area (TPSA) is 93.8 Å². The van der Waals surface area contributed by atoms with Crippen molar-refractivity contribution in [2.45, 2.75) is 40.7 Å². The lowest BCUT2D eigenvalue weighted by Gasteiger charge is -2.13. The zero-order chi connectivity index (χ0) is 22.6. The molecule has 0 bridgehead atoms. The van der Waals surface area contributed by atoms with Crippen molar-refractivity contribution >= 4 is 33.4 Å². The lowest BCUT2D eigenvalue weighted by atomic mass is 10.0. The van der Waals surface area contributed by atoms with E-state index in [1.807, 2.05) is 43.7 Å². The Bertz CT molecular complexity index is 1440. The Morgan fingerprint density at radius 2 is 1.94 bits per heavy atom. The van der Waals surface area contributed by atoms with Crippen LogP contribution in [0.5, 0.6) is 5.75 Å². The summed E-state index contributed by atoms with van der Waals surface area (Å²) in [6, 6.07) is 8.38. The maximum Gasteiger partial charge on any atom is 0.141 e. The van der Waals surface area contributed by atoms with Crippen molar-refractivity contribution in [3.63, 3.8) is 0 Å². The van der Waals surface area contributed by atoms with E-state index >= 15 is 0 Å². The van der Waals surface area contributed by atoms with Gasteiger partial charge in [-0.05, 0) is 52.8 Å². The van der Waals surface area contributed by atoms with Crippen molar-refractivity contribution < 1.29 is 9.26 Å². The second-order valence-corrected chi connectivity index (χ2v) is 8.34. The molecule has 0 amide bonds. The Morgan fingerprint density at radius 3 is 2.62 bits per heavy atom. The van der Waals surface area contributed by atoms with E-state index in [4.69, 9.17) is 9.26 Å². The van der Waals surface area contributed by atoms with Crippen molar-refractivity contribution in [3.05, 3.63) is 47.6 Å². The van der Waals surface area contributed by atoms with Crippen LogP contribution in [0.2, 0.25) is 0 Å². The number of rotatable bonds is 5. The first kappa shape index (κ1) is 20.1. The highest BCUT2D eigenvalue weighted by atomic mass is 16.5. The van der Waals surface area contributed by atoms with E-state index in [2.05, 4.69) is 45.5 Å². The van der Waals surface area contributed by atoms with Crippen molar-refractivity contribution in [2.75, 3.05) is 12.4 Å². The summed E-state index contributed by atoms with van der Waals surface area (Å²) in [5.74, 6) is 3.19. The second-order valence-electron chi connectivity index (χ2n) is 8.34. The van der Waals surface area contributed by atoms with Gasteiger partial charge in [-0.25, -0.2) is 9.67 Å². The number of nitrogens with zero attached hydrogens (tertiary/aromatic N) is 4. The monoisotopic (exact) mass is 430 g/mol. The molecule has 0 aliphatic carbocycles. The van der Waals surface area contributed by atoms with Gasteiger partial charge in [-0.1, -0.05) is 5.16 Å². The molecule has 4 heterocycles. The number of ether oxygens (including phenoxy) is 1. The Morgan fingerprint density at radius 1 is 1.12 bits per heavy atom. The van der Waals surface area contributed by atoms with Crippen LogP contribution >= 0.6 is 0 Å². The number of fused-ring (bicyclic) bond motifs is 3. The molecule has 5 rings (SSSR count). The zero-order valence-corrected chi connectivity index (χ0v) is 19.1. The molecule has 0 unspecified atom stereocenters. The van der Waals surface area contributed by atoms with Crippen molar-refractivity contribution in [3.8, 4) is 16.9 Å². The van der Waals surface area contributed by atoms with E-state index in [1.54, 1.807) is 13.3 Å². The van der Waals surface area contributed by atoms with Crippen LogP contribution in [-0.2, 0) is 0 Å². The average molecular weight is 431 g/mol. The largest absolute Gasteiger partial charge is 0.496 e. The zero-order valence-electron chi connectivity index (χ0n) is 19.1. The van der Waals surface area contributed by atoms with Crippen LogP contribution in [0, 0.1) is 20.8 Å². The summed E-state index contributed by atoms with van der Waals surface area (Å²) in [4.78, 5) is 8.18. The minimum Gasteiger partial charge on any atom is -0.496 e. The minimum atomic E-state index is 0.228. The number of aryl methyl sites for hydroxylation is 3. The van der Waals surface area contributed by atoms with Crippen LogP contribution in [0.15, 0.2) is 35.0 Å². The summed E-state index contributed by atoms with van der Waals surface area (Å²) >= 11 is 0. The number of aromatic nitrogens is 5. The number of methoxy groups -OCH3 is 1. The predicted molar refractivity (Wildman–Crippen MR) is 126 cm³/mol. The maximum absolute atomic E-state index is 5.78.